The summed E-state index contributed by atoms with van der Waals surface area (Å²) in [5.41, 5.74) is 1.35. The first kappa shape index (κ1) is 39.0. The number of hydrogen-bond acceptors (Lipinski definition) is 11. The van der Waals surface area contributed by atoms with Gasteiger partial charge in [-0.3, -0.25) is 14.4 Å². The van der Waals surface area contributed by atoms with Crippen LogP contribution in [0.15, 0.2) is 57.7 Å². The molecule has 6 atom stereocenters. The number of urea groups is 1. The number of nitrogens with one attached hydrogen (secondary N) is 4. The van der Waals surface area contributed by atoms with E-state index in [-0.39, 0.29) is 54.9 Å². The summed E-state index contributed by atoms with van der Waals surface area (Å²) in [5, 5.41) is 21.0. The zero-order valence-corrected chi connectivity index (χ0v) is 32.2. The van der Waals surface area contributed by atoms with Crippen LogP contribution in [0.3, 0.4) is 0 Å². The minimum atomic E-state index is -0.813. The molecule has 0 radical (unpaired) electrons. The Kier molecular flexibility index (Phi) is 12.4. The van der Waals surface area contributed by atoms with Crippen molar-refractivity contribution in [3.8, 4) is 11.5 Å². The second kappa shape index (κ2) is 17.2. The van der Waals surface area contributed by atoms with Crippen molar-refractivity contribution >= 4 is 52.7 Å². The number of carbonyl (C=O) groups excluding carboxylic acids is 4. The highest BCUT2D eigenvalue weighted by Crippen LogP contribution is 2.37. The molecule has 3 saturated heterocycles. The Hall–Kier alpha value is -4.70. The molecule has 16 heteroatoms. The van der Waals surface area contributed by atoms with Crippen LogP contribution >= 0.6 is 11.8 Å². The van der Waals surface area contributed by atoms with E-state index in [0.717, 1.165) is 30.6 Å². The van der Waals surface area contributed by atoms with Crippen LogP contribution in [0.4, 0.5) is 16.2 Å². The minimum absolute atomic E-state index is 0.00894. The number of benzene rings is 2. The average molecular weight is 763 g/mol. The number of aliphatic imine (C=N–C) groups is 1. The van der Waals surface area contributed by atoms with Gasteiger partial charge in [-0.15, -0.1) is 5.11 Å². The number of rotatable bonds is 17. The maximum absolute atomic E-state index is 13.2. The van der Waals surface area contributed by atoms with Gasteiger partial charge in [-0.1, -0.05) is 18.6 Å². The number of carbonyl (C=O) groups is 4. The first-order valence-corrected chi connectivity index (χ1v) is 19.5. The van der Waals surface area contributed by atoms with Crippen LogP contribution in [0.5, 0.6) is 11.5 Å². The topological polar surface area (TPSA) is 184 Å². The fraction of sp³-hybridized carbons (Fsp3) is 0.553. The van der Waals surface area contributed by atoms with E-state index in [1.807, 2.05) is 56.8 Å². The van der Waals surface area contributed by atoms with Crippen molar-refractivity contribution in [2.75, 3.05) is 43.3 Å². The molecule has 0 spiro atoms. The highest BCUT2D eigenvalue weighted by Gasteiger charge is 2.42. The molecule has 0 aliphatic carbocycles. The van der Waals surface area contributed by atoms with Gasteiger partial charge in [-0.25, -0.2) is 9.79 Å². The van der Waals surface area contributed by atoms with E-state index < -0.39 is 17.7 Å². The number of fused-ring (bicyclic) bond motifs is 1. The molecule has 0 bridgehead atoms. The summed E-state index contributed by atoms with van der Waals surface area (Å²) in [6.45, 7) is 6.28. The quantitative estimate of drug-likeness (QED) is 0.135. The summed E-state index contributed by atoms with van der Waals surface area (Å²) < 4.78 is 17.0. The van der Waals surface area contributed by atoms with Crippen LogP contribution in [0.1, 0.15) is 58.4 Å². The lowest BCUT2D eigenvalue weighted by atomic mass is 10.0. The number of methoxy groups -OCH3 is 2. The van der Waals surface area contributed by atoms with Gasteiger partial charge >= 0.3 is 6.03 Å². The number of amides is 5. The molecule has 4 N–H and O–H groups in total. The third kappa shape index (κ3) is 9.50. The Morgan fingerprint density at radius 2 is 1.87 bits per heavy atom. The maximum Gasteiger partial charge on any atom is 0.315 e. The van der Waals surface area contributed by atoms with Gasteiger partial charge in [-0.05, 0) is 63.4 Å². The summed E-state index contributed by atoms with van der Waals surface area (Å²) >= 11 is 1.89. The Morgan fingerprint density at radius 3 is 2.63 bits per heavy atom. The minimum Gasteiger partial charge on any atom is -0.497 e. The van der Waals surface area contributed by atoms with Gasteiger partial charge in [0.15, 0.2) is 12.0 Å². The molecule has 5 amide bonds. The largest absolute Gasteiger partial charge is 0.497 e. The lowest BCUT2D eigenvalue weighted by Crippen LogP contribution is -2.41. The molecule has 0 saturated carbocycles. The molecular weight excluding hydrogens is 713 g/mol. The number of amidine groups is 1. The molecule has 3 unspecified atom stereocenters. The van der Waals surface area contributed by atoms with E-state index in [1.54, 1.807) is 30.2 Å². The molecule has 4 heterocycles. The smallest absolute Gasteiger partial charge is 0.315 e. The molecule has 2 aromatic rings. The second-order valence-electron chi connectivity index (χ2n) is 14.6. The van der Waals surface area contributed by atoms with Gasteiger partial charge in [0.25, 0.3) is 0 Å². The number of anilines is 2. The molecule has 0 aromatic heterocycles. The van der Waals surface area contributed by atoms with Gasteiger partial charge in [-0.2, -0.15) is 16.9 Å². The predicted molar refractivity (Wildman–Crippen MR) is 206 cm³/mol. The van der Waals surface area contributed by atoms with Crippen molar-refractivity contribution in [1.82, 2.24) is 16.0 Å². The molecule has 4 aliphatic heterocycles. The number of ether oxygens (including phenoxy) is 3. The van der Waals surface area contributed by atoms with Crippen LogP contribution < -0.4 is 35.6 Å². The normalized spacial score (nSPS) is 23.8. The van der Waals surface area contributed by atoms with Crippen molar-refractivity contribution in [3.63, 3.8) is 0 Å². The van der Waals surface area contributed by atoms with Crippen molar-refractivity contribution in [1.29, 1.82) is 0 Å². The van der Waals surface area contributed by atoms with Gasteiger partial charge in [0.05, 0.1) is 44.0 Å². The van der Waals surface area contributed by atoms with E-state index in [1.165, 1.54) is 7.11 Å². The fourth-order valence-electron chi connectivity index (χ4n) is 7.20. The SMILES string of the molecule is COc1ccc(OC)c(N2CC(C(=O)Nc3ccc(CC4N=NC(C(C)(C)OC(C)CNC(=O)CCCC[C@@H]5SC[C@@H]6NC(=O)N[C@@H]65)=N4)cc3)CC2=O)c1. The van der Waals surface area contributed by atoms with Gasteiger partial charge in [0, 0.05) is 55.1 Å². The monoisotopic (exact) mass is 762 g/mol. The van der Waals surface area contributed by atoms with E-state index in [0.29, 0.717) is 53.3 Å². The third-order valence-corrected chi connectivity index (χ3v) is 11.6. The zero-order valence-electron chi connectivity index (χ0n) is 31.4. The third-order valence-electron chi connectivity index (χ3n) is 10.1. The number of thioether (sulfide) groups is 1. The molecule has 3 fully saturated rings. The molecule has 6 rings (SSSR count). The summed E-state index contributed by atoms with van der Waals surface area (Å²) in [6, 6.07) is 13.0. The van der Waals surface area contributed by atoms with Gasteiger partial charge < -0.3 is 40.4 Å². The summed E-state index contributed by atoms with van der Waals surface area (Å²) in [5.74, 6) is 1.62. The Balaban J connectivity index is 0.904. The highest BCUT2D eigenvalue weighted by atomic mass is 32.2. The fourth-order valence-corrected chi connectivity index (χ4v) is 8.74. The van der Waals surface area contributed by atoms with Crippen molar-refractivity contribution in [2.45, 2.75) is 94.5 Å². The standard InChI is InChI=1S/C38H50N8O7S/c1-22(19-39-32(47)9-7-6-8-30-34-27(21-54-30)41-37(50)43-34)53-38(2,3)36-42-31(44-45-36)16-23-10-12-25(13-11-23)40-35(49)24-17-33(48)46(20-24)28-18-26(51-4)14-15-29(28)52-5/h10-15,18,22,24,27,30-31,34H,6-9,16-17,19-21H2,1-5H3,(H,39,47)(H,40,49)(H2,41,43,50)/t22?,24?,27-,30-,31?,34-/m0/s1. The first-order valence-electron chi connectivity index (χ1n) is 18.5. The van der Waals surface area contributed by atoms with Crippen LogP contribution in [0, 0.1) is 5.92 Å². The van der Waals surface area contributed by atoms with E-state index in [2.05, 4.69) is 31.5 Å². The zero-order chi connectivity index (χ0) is 38.4. The number of unbranched alkanes of at least 4 members (excludes halogenated alkanes) is 1. The number of nitrogens with zero attached hydrogens (tertiary/aromatic N) is 4. The van der Waals surface area contributed by atoms with Gasteiger partial charge in [0.1, 0.15) is 17.1 Å². The predicted octanol–water partition coefficient (Wildman–Crippen LogP) is 4.45. The Bertz CT molecular complexity index is 1770. The van der Waals surface area contributed by atoms with Crippen LogP contribution in [-0.4, -0.2) is 97.9 Å². The Labute approximate surface area is 319 Å². The molecule has 15 nitrogen and oxygen atoms in total. The molecular formula is C38H50N8O7S. The molecule has 54 heavy (non-hydrogen) atoms. The Morgan fingerprint density at radius 1 is 1.07 bits per heavy atom. The maximum atomic E-state index is 13.2. The second-order valence-corrected chi connectivity index (χ2v) is 15.9. The summed E-state index contributed by atoms with van der Waals surface area (Å²) in [7, 11) is 3.09. The average Bonchev–Trinajstić information content (AvgIpc) is 3.95. The molecule has 4 aliphatic rings. The van der Waals surface area contributed by atoms with Crippen molar-refractivity contribution in [3.05, 3.63) is 48.0 Å². The van der Waals surface area contributed by atoms with E-state index in [4.69, 9.17) is 19.2 Å². The van der Waals surface area contributed by atoms with Crippen LogP contribution in [0.25, 0.3) is 0 Å². The molecule has 290 valence electrons. The summed E-state index contributed by atoms with van der Waals surface area (Å²) in [4.78, 5) is 56.4. The van der Waals surface area contributed by atoms with Crippen LogP contribution in [0.2, 0.25) is 0 Å². The first-order chi connectivity index (χ1) is 25.9. The summed E-state index contributed by atoms with van der Waals surface area (Å²) in [6.07, 6.45) is 3.08. The highest BCUT2D eigenvalue weighted by molar-refractivity contribution is 8.00. The lowest BCUT2D eigenvalue weighted by Gasteiger charge is -2.27. The number of hydrogen-bond donors (Lipinski definition) is 4. The van der Waals surface area contributed by atoms with Gasteiger partial charge in [0.2, 0.25) is 17.7 Å². The number of azo groups is 1. The van der Waals surface area contributed by atoms with Crippen molar-refractivity contribution in [2.24, 2.45) is 21.1 Å². The lowest BCUT2D eigenvalue weighted by molar-refractivity contribution is -0.122. The van der Waals surface area contributed by atoms with Crippen molar-refractivity contribution < 1.29 is 33.4 Å². The van der Waals surface area contributed by atoms with Crippen LogP contribution in [-0.2, 0) is 25.5 Å². The molecule has 2 aromatic carbocycles. The van der Waals surface area contributed by atoms with E-state index in [9.17, 15) is 19.2 Å². The van der Waals surface area contributed by atoms with E-state index >= 15 is 0 Å².